The van der Waals surface area contributed by atoms with Gasteiger partial charge in [0.1, 0.15) is 6.54 Å². The number of nitrogens with one attached hydrogen (secondary N) is 1. The number of benzene rings is 1. The highest BCUT2D eigenvalue weighted by Gasteiger charge is 2.37. The van der Waals surface area contributed by atoms with Gasteiger partial charge in [0.15, 0.2) is 6.67 Å². The van der Waals surface area contributed by atoms with Crippen LogP contribution in [0.2, 0.25) is 0 Å². The van der Waals surface area contributed by atoms with E-state index < -0.39 is 11.7 Å². The summed E-state index contributed by atoms with van der Waals surface area (Å²) in [7, 11) is 2.03. The molecular formula is C16H17N2O2S+. The normalized spacial score (nSPS) is 15.4. The lowest BCUT2D eigenvalue weighted by molar-refractivity contribution is -0.892. The van der Waals surface area contributed by atoms with Crippen molar-refractivity contribution in [3.05, 3.63) is 51.7 Å². The molecule has 0 radical (unpaired) electrons. The average Bonchev–Trinajstić information content (AvgIpc) is 3.02. The lowest BCUT2D eigenvalue weighted by Crippen LogP contribution is -3.09. The first-order chi connectivity index (χ1) is 10.1. The lowest BCUT2D eigenvalue weighted by atomic mass is 10.1. The maximum atomic E-state index is 12.2. The molecule has 2 aromatic rings. The lowest BCUT2D eigenvalue weighted by Gasteiger charge is -2.21. The van der Waals surface area contributed by atoms with E-state index in [4.69, 9.17) is 0 Å². The average molecular weight is 301 g/mol. The van der Waals surface area contributed by atoms with E-state index in [0.717, 1.165) is 17.8 Å². The number of Topliss-reactive ketones (excluding diaryl/α,β-unsaturated/α-hetero) is 1. The Hall–Kier alpha value is -1.98. The number of quaternary nitrogens is 1. The number of rotatable bonds is 4. The van der Waals surface area contributed by atoms with Crippen LogP contribution < -0.4 is 9.80 Å². The zero-order chi connectivity index (χ0) is 15.0. The van der Waals surface area contributed by atoms with Crippen LogP contribution >= 0.6 is 11.3 Å². The maximum Gasteiger partial charge on any atom is 0.303 e. The van der Waals surface area contributed by atoms with E-state index in [1.807, 2.05) is 31.5 Å². The van der Waals surface area contributed by atoms with Crippen LogP contribution in [0, 0.1) is 6.92 Å². The van der Waals surface area contributed by atoms with Crippen molar-refractivity contribution in [2.24, 2.45) is 0 Å². The minimum absolute atomic E-state index is 0.392. The summed E-state index contributed by atoms with van der Waals surface area (Å²) in [5.74, 6) is -0.808. The van der Waals surface area contributed by atoms with Gasteiger partial charge in [0.2, 0.25) is 0 Å². The molecule has 108 valence electrons. The van der Waals surface area contributed by atoms with E-state index in [-0.39, 0.29) is 0 Å². The highest BCUT2D eigenvalue weighted by atomic mass is 32.1. The zero-order valence-corrected chi connectivity index (χ0v) is 12.9. The van der Waals surface area contributed by atoms with Gasteiger partial charge in [0.05, 0.1) is 18.3 Å². The third-order valence-corrected chi connectivity index (χ3v) is 4.37. The molecule has 1 aromatic carbocycles. The fraction of sp³-hybridized carbons (Fsp3) is 0.250. The van der Waals surface area contributed by atoms with Crippen molar-refractivity contribution < 1.29 is 14.5 Å². The van der Waals surface area contributed by atoms with E-state index in [1.54, 1.807) is 22.3 Å². The number of carbonyl (C=O) groups excluding carboxylic acids is 2. The Balaban J connectivity index is 1.80. The Morgan fingerprint density at radius 1 is 1.24 bits per heavy atom. The minimum atomic E-state index is -0.416. The summed E-state index contributed by atoms with van der Waals surface area (Å²) in [6, 6.07) is 7.68. The Labute approximate surface area is 127 Å². The molecule has 5 heteroatoms. The predicted octanol–water partition coefficient (Wildman–Crippen LogP) is 1.26. The van der Waals surface area contributed by atoms with Gasteiger partial charge >= 0.3 is 5.91 Å². The molecule has 1 aliphatic rings. The minimum Gasteiger partial charge on any atom is -0.316 e. The van der Waals surface area contributed by atoms with E-state index in [2.05, 4.69) is 11.4 Å². The molecular weight excluding hydrogens is 284 g/mol. The highest BCUT2D eigenvalue weighted by Crippen LogP contribution is 2.28. The molecule has 1 N–H and O–H groups in total. The van der Waals surface area contributed by atoms with Gasteiger partial charge in [-0.1, -0.05) is 11.6 Å². The Morgan fingerprint density at radius 2 is 2.05 bits per heavy atom. The van der Waals surface area contributed by atoms with Gasteiger partial charge in [-0.2, -0.15) is 11.3 Å². The first-order valence-electron chi connectivity index (χ1n) is 6.85. The van der Waals surface area contributed by atoms with E-state index >= 15 is 0 Å². The molecule has 0 aliphatic carbocycles. The molecule has 0 saturated heterocycles. The van der Waals surface area contributed by atoms with Gasteiger partial charge in [-0.25, -0.2) is 0 Å². The molecule has 1 aromatic heterocycles. The van der Waals surface area contributed by atoms with Crippen molar-refractivity contribution in [1.82, 2.24) is 0 Å². The highest BCUT2D eigenvalue weighted by molar-refractivity contribution is 7.07. The number of hydrogen-bond acceptors (Lipinski definition) is 3. The van der Waals surface area contributed by atoms with Crippen molar-refractivity contribution in [3.63, 3.8) is 0 Å². The largest absolute Gasteiger partial charge is 0.316 e. The number of carbonyl (C=O) groups is 2. The van der Waals surface area contributed by atoms with E-state index in [1.165, 1.54) is 10.5 Å². The summed E-state index contributed by atoms with van der Waals surface area (Å²) in [5.41, 5.74) is 3.51. The smallest absolute Gasteiger partial charge is 0.303 e. The van der Waals surface area contributed by atoms with Crippen LogP contribution in [-0.4, -0.2) is 25.4 Å². The first kappa shape index (κ1) is 14.0. The number of fused-ring (bicyclic) bond motifs is 1. The molecule has 1 amide bonds. The molecule has 0 bridgehead atoms. The van der Waals surface area contributed by atoms with Gasteiger partial charge in [-0.15, -0.1) is 0 Å². The molecule has 21 heavy (non-hydrogen) atoms. The molecule has 1 unspecified atom stereocenters. The second kappa shape index (κ2) is 5.42. The van der Waals surface area contributed by atoms with Crippen LogP contribution in [0.5, 0.6) is 0 Å². The first-order valence-corrected chi connectivity index (χ1v) is 7.80. The van der Waals surface area contributed by atoms with Gasteiger partial charge < -0.3 is 4.90 Å². The number of anilines is 1. The summed E-state index contributed by atoms with van der Waals surface area (Å²) >= 11 is 1.67. The third kappa shape index (κ3) is 2.62. The Morgan fingerprint density at radius 3 is 2.76 bits per heavy atom. The maximum absolute atomic E-state index is 12.2. The SMILES string of the molecule is Cc1ccc2c(c1)C(=O)C(=O)N2C[NH+](C)Cc1ccsc1. The summed E-state index contributed by atoms with van der Waals surface area (Å²) in [5, 5.41) is 4.16. The molecule has 1 atom stereocenters. The van der Waals surface area contributed by atoms with Crippen LogP contribution in [0.1, 0.15) is 21.5 Å². The molecule has 0 saturated carbocycles. The van der Waals surface area contributed by atoms with E-state index in [0.29, 0.717) is 12.2 Å². The molecule has 0 spiro atoms. The summed E-state index contributed by atoms with van der Waals surface area (Å²) in [6.45, 7) is 3.26. The quantitative estimate of drug-likeness (QED) is 0.864. The number of hydrogen-bond donors (Lipinski definition) is 1. The topological polar surface area (TPSA) is 41.8 Å². The second-order valence-corrected chi connectivity index (χ2v) is 6.29. The summed E-state index contributed by atoms with van der Waals surface area (Å²) in [4.78, 5) is 27.0. The summed E-state index contributed by atoms with van der Waals surface area (Å²) < 4.78 is 0. The van der Waals surface area contributed by atoms with Crippen LogP contribution in [-0.2, 0) is 11.3 Å². The monoisotopic (exact) mass is 301 g/mol. The van der Waals surface area contributed by atoms with Crippen LogP contribution in [0.25, 0.3) is 0 Å². The van der Waals surface area contributed by atoms with Gasteiger partial charge in [0, 0.05) is 5.56 Å². The van der Waals surface area contributed by atoms with Crippen LogP contribution in [0.4, 0.5) is 5.69 Å². The number of nitrogens with zero attached hydrogens (tertiary/aromatic N) is 1. The van der Waals surface area contributed by atoms with Gasteiger partial charge in [0.25, 0.3) is 5.78 Å². The zero-order valence-electron chi connectivity index (χ0n) is 12.1. The number of aryl methyl sites for hydroxylation is 1. The molecule has 1 aliphatic heterocycles. The van der Waals surface area contributed by atoms with E-state index in [9.17, 15) is 9.59 Å². The van der Waals surface area contributed by atoms with Crippen LogP contribution in [0.15, 0.2) is 35.0 Å². The fourth-order valence-electron chi connectivity index (χ4n) is 2.64. The van der Waals surface area contributed by atoms with Crippen molar-refractivity contribution in [3.8, 4) is 0 Å². The predicted molar refractivity (Wildman–Crippen MR) is 82.8 cm³/mol. The molecule has 3 rings (SSSR count). The second-order valence-electron chi connectivity index (χ2n) is 5.51. The fourth-order valence-corrected chi connectivity index (χ4v) is 3.31. The van der Waals surface area contributed by atoms with Gasteiger partial charge in [-0.05, 0) is 35.9 Å². The number of ketones is 1. The number of thiophene rings is 1. The van der Waals surface area contributed by atoms with Gasteiger partial charge in [-0.3, -0.25) is 14.5 Å². The molecule has 4 nitrogen and oxygen atoms in total. The standard InChI is InChI=1S/C16H16N2O2S/c1-11-3-4-14-13(7-11)15(19)16(20)18(14)10-17(2)8-12-5-6-21-9-12/h3-7,9H,8,10H2,1-2H3/p+1. The van der Waals surface area contributed by atoms with Crippen molar-refractivity contribution in [2.45, 2.75) is 13.5 Å². The molecule has 0 fully saturated rings. The van der Waals surface area contributed by atoms with Crippen molar-refractivity contribution >= 4 is 28.7 Å². The third-order valence-electron chi connectivity index (χ3n) is 3.64. The van der Waals surface area contributed by atoms with Crippen LogP contribution in [0.3, 0.4) is 0 Å². The number of amides is 1. The molecule has 2 heterocycles. The summed E-state index contributed by atoms with van der Waals surface area (Å²) in [6.07, 6.45) is 0. The Kier molecular flexibility index (Phi) is 3.61. The van der Waals surface area contributed by atoms with Crippen molar-refractivity contribution in [2.75, 3.05) is 18.6 Å². The van der Waals surface area contributed by atoms with Crippen molar-refractivity contribution in [1.29, 1.82) is 0 Å². The Bertz CT molecular complexity index is 694.